The molecule has 2 aliphatic heterocycles. The van der Waals surface area contributed by atoms with Crippen LogP contribution in [0.25, 0.3) is 10.4 Å². The van der Waals surface area contributed by atoms with Crippen LogP contribution in [0.2, 0.25) is 0 Å². The standard InChI is InChI=1S/C31H37N5O5S2/c32-23-12-7-15-34(18-23)28-14-13-24(17-33-28)43(40,41)35-19-26(21-8-3-1-4-9-21)36(29(37)20-35)25-16-27(42-30(25)31(38)39)22-10-5-2-6-11-22/h2,5-6,10-11,13-14,16-17,21,23,26H,1,3-4,7-9,12,15,18-20,32H2,(H,38,39). The van der Waals surface area contributed by atoms with E-state index < -0.39 is 27.9 Å². The first-order valence-corrected chi connectivity index (χ1v) is 17.2. The molecule has 0 radical (unpaired) electrons. The van der Waals surface area contributed by atoms with Gasteiger partial charge in [-0.05, 0) is 55.4 Å². The van der Waals surface area contributed by atoms with E-state index in [0.29, 0.717) is 18.1 Å². The lowest BCUT2D eigenvalue weighted by molar-refractivity contribution is -0.121. The third-order valence-electron chi connectivity index (χ3n) is 8.86. The number of rotatable bonds is 7. The van der Waals surface area contributed by atoms with Crippen LogP contribution < -0.4 is 15.5 Å². The fourth-order valence-corrected chi connectivity index (χ4v) is 9.03. The van der Waals surface area contributed by atoms with Crippen LogP contribution in [0.4, 0.5) is 11.5 Å². The van der Waals surface area contributed by atoms with Gasteiger partial charge < -0.3 is 20.6 Å². The maximum atomic E-state index is 13.9. The van der Waals surface area contributed by atoms with Gasteiger partial charge in [0.2, 0.25) is 15.9 Å². The molecule has 3 fully saturated rings. The molecule has 43 heavy (non-hydrogen) atoms. The summed E-state index contributed by atoms with van der Waals surface area (Å²) < 4.78 is 29.0. The number of piperazine rings is 1. The summed E-state index contributed by atoms with van der Waals surface area (Å²) in [5, 5.41) is 10.1. The number of carbonyl (C=O) groups excluding carboxylic acids is 1. The number of hydrogen-bond acceptors (Lipinski definition) is 8. The minimum Gasteiger partial charge on any atom is -0.477 e. The summed E-state index contributed by atoms with van der Waals surface area (Å²) in [5.41, 5.74) is 7.33. The lowest BCUT2D eigenvalue weighted by Gasteiger charge is -2.44. The van der Waals surface area contributed by atoms with Crippen molar-refractivity contribution in [2.24, 2.45) is 11.7 Å². The minimum atomic E-state index is -4.03. The highest BCUT2D eigenvalue weighted by molar-refractivity contribution is 7.89. The van der Waals surface area contributed by atoms with Crippen LogP contribution in [0.1, 0.15) is 54.6 Å². The molecule has 3 aromatic rings. The zero-order valence-electron chi connectivity index (χ0n) is 24.0. The maximum Gasteiger partial charge on any atom is 0.348 e. The predicted octanol–water partition coefficient (Wildman–Crippen LogP) is 4.42. The van der Waals surface area contributed by atoms with Gasteiger partial charge in [-0.15, -0.1) is 11.3 Å². The van der Waals surface area contributed by atoms with Gasteiger partial charge in [0.1, 0.15) is 15.6 Å². The molecule has 0 spiro atoms. The molecule has 1 saturated carbocycles. The van der Waals surface area contributed by atoms with Gasteiger partial charge in [0, 0.05) is 36.8 Å². The highest BCUT2D eigenvalue weighted by Crippen LogP contribution is 2.42. The summed E-state index contributed by atoms with van der Waals surface area (Å²) in [6.07, 6.45) is 8.07. The number of hydrogen-bond donors (Lipinski definition) is 2. The van der Waals surface area contributed by atoms with Crippen molar-refractivity contribution in [2.45, 2.75) is 61.9 Å². The van der Waals surface area contributed by atoms with Gasteiger partial charge in [-0.3, -0.25) is 4.79 Å². The van der Waals surface area contributed by atoms with Gasteiger partial charge in [-0.1, -0.05) is 49.6 Å². The molecule has 2 unspecified atom stereocenters. The molecule has 12 heteroatoms. The summed E-state index contributed by atoms with van der Waals surface area (Å²) in [5.74, 6) is -0.783. The number of carbonyl (C=O) groups is 2. The van der Waals surface area contributed by atoms with Crippen LogP contribution in [0.5, 0.6) is 0 Å². The highest BCUT2D eigenvalue weighted by Gasteiger charge is 2.44. The number of pyridine rings is 1. The molecular weight excluding hydrogens is 587 g/mol. The summed E-state index contributed by atoms with van der Waals surface area (Å²) in [4.78, 5) is 35.3. The van der Waals surface area contributed by atoms with Crippen molar-refractivity contribution in [3.05, 3.63) is 59.6 Å². The van der Waals surface area contributed by atoms with Crippen molar-refractivity contribution in [3.8, 4) is 10.4 Å². The van der Waals surface area contributed by atoms with Gasteiger partial charge in [-0.2, -0.15) is 4.31 Å². The van der Waals surface area contributed by atoms with Crippen molar-refractivity contribution in [1.29, 1.82) is 0 Å². The molecular formula is C31H37N5O5S2. The number of thiophene rings is 1. The van der Waals surface area contributed by atoms with Crippen molar-refractivity contribution < 1.29 is 23.1 Å². The van der Waals surface area contributed by atoms with E-state index >= 15 is 0 Å². The van der Waals surface area contributed by atoms with Gasteiger partial charge in [-0.25, -0.2) is 18.2 Å². The summed E-state index contributed by atoms with van der Waals surface area (Å²) >= 11 is 1.14. The molecule has 1 aliphatic carbocycles. The molecule has 2 saturated heterocycles. The monoisotopic (exact) mass is 623 g/mol. The number of aromatic carboxylic acids is 1. The molecule has 10 nitrogen and oxygen atoms in total. The van der Waals surface area contributed by atoms with E-state index in [1.165, 1.54) is 10.5 Å². The predicted molar refractivity (Wildman–Crippen MR) is 167 cm³/mol. The van der Waals surface area contributed by atoms with Crippen LogP contribution >= 0.6 is 11.3 Å². The first-order chi connectivity index (χ1) is 20.7. The van der Waals surface area contributed by atoms with Gasteiger partial charge >= 0.3 is 5.97 Å². The second-order valence-corrected chi connectivity index (χ2v) is 14.7. The highest BCUT2D eigenvalue weighted by atomic mass is 32.2. The van der Waals surface area contributed by atoms with Crippen LogP contribution in [0, 0.1) is 5.92 Å². The number of carboxylic acid groups (broad SMARTS) is 1. The van der Waals surface area contributed by atoms with E-state index in [9.17, 15) is 23.1 Å². The Morgan fingerprint density at radius 3 is 2.44 bits per heavy atom. The van der Waals surface area contributed by atoms with Crippen molar-refractivity contribution in [1.82, 2.24) is 9.29 Å². The number of anilines is 2. The second-order valence-electron chi connectivity index (χ2n) is 11.7. The first-order valence-electron chi connectivity index (χ1n) is 14.9. The zero-order chi connectivity index (χ0) is 30.1. The van der Waals surface area contributed by atoms with Crippen LogP contribution in [0.3, 0.4) is 0 Å². The Bertz CT molecular complexity index is 1570. The van der Waals surface area contributed by atoms with E-state index in [1.54, 1.807) is 23.1 Å². The van der Waals surface area contributed by atoms with Crippen LogP contribution in [0.15, 0.2) is 59.6 Å². The molecule has 1 amide bonds. The lowest BCUT2D eigenvalue weighted by atomic mass is 9.82. The fraction of sp³-hybridized carbons (Fsp3) is 0.452. The second kappa shape index (κ2) is 12.4. The number of piperidine rings is 1. The number of amides is 1. The molecule has 2 atom stereocenters. The quantitative estimate of drug-likeness (QED) is 0.395. The van der Waals surface area contributed by atoms with E-state index in [4.69, 9.17) is 5.73 Å². The Labute approximate surface area is 256 Å². The molecule has 3 N–H and O–H groups in total. The molecule has 3 aliphatic rings. The number of benzene rings is 1. The van der Waals surface area contributed by atoms with Crippen molar-refractivity contribution in [2.75, 3.05) is 36.0 Å². The third kappa shape index (κ3) is 6.06. The fourth-order valence-electron chi connectivity index (χ4n) is 6.68. The lowest BCUT2D eigenvalue weighted by Crippen LogP contribution is -2.60. The summed E-state index contributed by atoms with van der Waals surface area (Å²) in [6, 6.07) is 14.1. The number of aromatic nitrogens is 1. The Kier molecular flexibility index (Phi) is 8.54. The van der Waals surface area contributed by atoms with Crippen molar-refractivity contribution >= 4 is 44.7 Å². The topological polar surface area (TPSA) is 137 Å². The van der Waals surface area contributed by atoms with E-state index in [-0.39, 0.29) is 34.8 Å². The van der Waals surface area contributed by atoms with Gasteiger partial charge in [0.25, 0.3) is 0 Å². The number of nitrogens with two attached hydrogens (primary N) is 1. The number of sulfonamides is 1. The van der Waals surface area contributed by atoms with Crippen molar-refractivity contribution in [3.63, 3.8) is 0 Å². The SMILES string of the molecule is NC1CCCN(c2ccc(S(=O)(=O)N3CC(=O)N(c4cc(-c5ccccc5)sc4C(=O)O)C(C4CCCCC4)C3)cn2)C1. The Morgan fingerprint density at radius 1 is 1.00 bits per heavy atom. The smallest absolute Gasteiger partial charge is 0.348 e. The molecule has 4 heterocycles. The molecule has 2 aromatic heterocycles. The van der Waals surface area contributed by atoms with Crippen LogP contribution in [-0.4, -0.2) is 73.0 Å². The Morgan fingerprint density at radius 2 is 1.77 bits per heavy atom. The minimum absolute atomic E-state index is 0.0364. The first kappa shape index (κ1) is 29.7. The van der Waals surface area contributed by atoms with E-state index in [1.807, 2.05) is 30.3 Å². The summed E-state index contributed by atoms with van der Waals surface area (Å²) in [6.45, 7) is 1.21. The average Bonchev–Trinajstić information content (AvgIpc) is 3.47. The van der Waals surface area contributed by atoms with E-state index in [0.717, 1.165) is 73.3 Å². The molecule has 228 valence electrons. The van der Waals surface area contributed by atoms with Gasteiger partial charge in [0.15, 0.2) is 0 Å². The molecule has 1 aromatic carbocycles. The third-order valence-corrected chi connectivity index (χ3v) is 11.8. The average molecular weight is 624 g/mol. The maximum absolute atomic E-state index is 13.9. The van der Waals surface area contributed by atoms with Gasteiger partial charge in [0.05, 0.1) is 18.3 Å². The zero-order valence-corrected chi connectivity index (χ0v) is 25.6. The normalized spacial score (nSPS) is 22.6. The molecule has 0 bridgehead atoms. The Balaban J connectivity index is 1.32. The summed E-state index contributed by atoms with van der Waals surface area (Å²) in [7, 11) is -4.03. The molecule has 6 rings (SSSR count). The van der Waals surface area contributed by atoms with E-state index in [2.05, 4.69) is 9.88 Å². The Hall–Kier alpha value is -3.32. The number of nitrogens with zero attached hydrogens (tertiary/aromatic N) is 4. The largest absolute Gasteiger partial charge is 0.477 e. The number of carboxylic acids is 1. The van der Waals surface area contributed by atoms with Crippen LogP contribution in [-0.2, 0) is 14.8 Å².